The van der Waals surface area contributed by atoms with Crippen molar-refractivity contribution in [2.45, 2.75) is 0 Å². The van der Waals surface area contributed by atoms with Crippen LogP contribution in [0.4, 0.5) is 11.4 Å². The van der Waals surface area contributed by atoms with Crippen molar-refractivity contribution < 1.29 is 9.90 Å². The van der Waals surface area contributed by atoms with Crippen LogP contribution < -0.4 is 11.5 Å². The number of carbonyl (C=O) groups is 1. The number of rotatable bonds is 1. The van der Waals surface area contributed by atoms with Gasteiger partial charge >= 0.3 is 5.97 Å². The van der Waals surface area contributed by atoms with Crippen LogP contribution in [0, 0.1) is 0 Å². The molecule has 3 rings (SSSR count). The smallest absolute Gasteiger partial charge is 0.337 e. The maximum Gasteiger partial charge on any atom is 0.337 e. The van der Waals surface area contributed by atoms with E-state index in [4.69, 9.17) is 16.6 Å². The number of nitrogen functional groups attached to an aromatic ring is 2. The van der Waals surface area contributed by atoms with Crippen LogP contribution in [0.25, 0.3) is 22.1 Å². The average molecular weight is 254 g/mol. The first kappa shape index (κ1) is 11.2. The molecule has 0 aliphatic carbocycles. The average Bonchev–Trinajstić information content (AvgIpc) is 2.37. The van der Waals surface area contributed by atoms with Gasteiger partial charge in [-0.15, -0.1) is 0 Å². The van der Waals surface area contributed by atoms with Gasteiger partial charge in [0.15, 0.2) is 0 Å². The molecule has 0 fully saturated rings. The molecule has 0 aliphatic rings. The van der Waals surface area contributed by atoms with E-state index in [2.05, 4.69) is 9.97 Å². The minimum Gasteiger partial charge on any atom is -0.478 e. The monoisotopic (exact) mass is 254 g/mol. The molecule has 1 heterocycles. The summed E-state index contributed by atoms with van der Waals surface area (Å²) in [7, 11) is 0. The van der Waals surface area contributed by atoms with Crippen LogP contribution in [0.2, 0.25) is 0 Å². The standard InChI is InChI=1S/C13H10N4O2/c14-7-4-10-11(5-8(7)15)17-12-6(13(18)19)2-1-3-9(12)16-10/h1-5H,14-15H2,(H,18,19). The van der Waals surface area contributed by atoms with Gasteiger partial charge in [-0.3, -0.25) is 0 Å². The van der Waals surface area contributed by atoms with E-state index in [9.17, 15) is 4.79 Å². The minimum atomic E-state index is -1.04. The molecule has 6 heteroatoms. The topological polar surface area (TPSA) is 115 Å². The molecule has 0 atom stereocenters. The van der Waals surface area contributed by atoms with Gasteiger partial charge in [0, 0.05) is 0 Å². The highest BCUT2D eigenvalue weighted by atomic mass is 16.4. The first-order valence-electron chi connectivity index (χ1n) is 5.55. The molecule has 94 valence electrons. The zero-order valence-electron chi connectivity index (χ0n) is 9.79. The van der Waals surface area contributed by atoms with Gasteiger partial charge in [-0.05, 0) is 24.3 Å². The third kappa shape index (κ3) is 1.70. The summed E-state index contributed by atoms with van der Waals surface area (Å²) >= 11 is 0. The molecule has 0 unspecified atom stereocenters. The molecule has 2 aromatic carbocycles. The fraction of sp³-hybridized carbons (Fsp3) is 0. The molecular weight excluding hydrogens is 244 g/mol. The van der Waals surface area contributed by atoms with E-state index in [0.717, 1.165) is 0 Å². The molecule has 5 N–H and O–H groups in total. The summed E-state index contributed by atoms with van der Waals surface area (Å²) in [5.41, 5.74) is 14.3. The van der Waals surface area contributed by atoms with E-state index >= 15 is 0 Å². The Morgan fingerprint density at radius 2 is 1.63 bits per heavy atom. The predicted molar refractivity (Wildman–Crippen MR) is 72.8 cm³/mol. The Morgan fingerprint density at radius 1 is 1.00 bits per heavy atom. The molecule has 3 aromatic rings. The number of fused-ring (bicyclic) bond motifs is 2. The van der Waals surface area contributed by atoms with E-state index in [1.807, 2.05) is 0 Å². The maximum atomic E-state index is 11.2. The number of aromatic nitrogens is 2. The molecule has 0 aliphatic heterocycles. The predicted octanol–water partition coefficient (Wildman–Crippen LogP) is 1.65. The molecule has 0 spiro atoms. The van der Waals surface area contributed by atoms with E-state index in [1.54, 1.807) is 24.3 Å². The van der Waals surface area contributed by atoms with Crippen molar-refractivity contribution in [1.82, 2.24) is 9.97 Å². The molecule has 0 radical (unpaired) electrons. The van der Waals surface area contributed by atoms with Crippen LogP contribution >= 0.6 is 0 Å². The van der Waals surface area contributed by atoms with Crippen LogP contribution in [0.15, 0.2) is 30.3 Å². The fourth-order valence-electron chi connectivity index (χ4n) is 1.95. The molecule has 19 heavy (non-hydrogen) atoms. The van der Waals surface area contributed by atoms with Gasteiger partial charge in [-0.2, -0.15) is 0 Å². The van der Waals surface area contributed by atoms with Gasteiger partial charge < -0.3 is 16.6 Å². The molecule has 0 bridgehead atoms. The highest BCUT2D eigenvalue weighted by Crippen LogP contribution is 2.24. The number of nitrogens with two attached hydrogens (primary N) is 2. The first-order valence-corrected chi connectivity index (χ1v) is 5.55. The number of para-hydroxylation sites is 1. The van der Waals surface area contributed by atoms with Gasteiger partial charge in [-0.1, -0.05) is 6.07 Å². The Labute approximate surface area is 107 Å². The molecule has 6 nitrogen and oxygen atoms in total. The highest BCUT2D eigenvalue weighted by molar-refractivity contribution is 6.03. The summed E-state index contributed by atoms with van der Waals surface area (Å²) in [5, 5.41) is 9.14. The van der Waals surface area contributed by atoms with Crippen LogP contribution in [-0.2, 0) is 0 Å². The highest BCUT2D eigenvalue weighted by Gasteiger charge is 2.12. The largest absolute Gasteiger partial charge is 0.478 e. The lowest BCUT2D eigenvalue weighted by Gasteiger charge is -2.06. The zero-order chi connectivity index (χ0) is 13.6. The van der Waals surface area contributed by atoms with E-state index in [0.29, 0.717) is 33.4 Å². The summed E-state index contributed by atoms with van der Waals surface area (Å²) in [6.45, 7) is 0. The summed E-state index contributed by atoms with van der Waals surface area (Å²) in [6, 6.07) is 8.06. The quantitative estimate of drug-likeness (QED) is 0.449. The van der Waals surface area contributed by atoms with E-state index in [1.165, 1.54) is 6.07 Å². The summed E-state index contributed by atoms with van der Waals surface area (Å²) in [4.78, 5) is 19.8. The van der Waals surface area contributed by atoms with Crippen LogP contribution in [0.3, 0.4) is 0 Å². The lowest BCUT2D eigenvalue weighted by molar-refractivity contribution is 0.0699. The SMILES string of the molecule is Nc1cc2nc3cccc(C(=O)O)c3nc2cc1N. The second-order valence-corrected chi connectivity index (χ2v) is 4.17. The Balaban J connectivity index is 2.45. The third-order valence-electron chi connectivity index (χ3n) is 2.90. The van der Waals surface area contributed by atoms with Crippen LogP contribution in [0.1, 0.15) is 10.4 Å². The second kappa shape index (κ2) is 3.81. The van der Waals surface area contributed by atoms with Crippen molar-refractivity contribution in [3.8, 4) is 0 Å². The Hall–Kier alpha value is -2.89. The fourth-order valence-corrected chi connectivity index (χ4v) is 1.95. The van der Waals surface area contributed by atoms with Crippen LogP contribution in [-0.4, -0.2) is 21.0 Å². The minimum absolute atomic E-state index is 0.113. The van der Waals surface area contributed by atoms with Crippen molar-refractivity contribution >= 4 is 39.4 Å². The Bertz CT molecular complexity index is 830. The number of hydrogen-bond donors (Lipinski definition) is 3. The number of benzene rings is 2. The molecule has 0 amide bonds. The summed E-state index contributed by atoms with van der Waals surface area (Å²) in [5.74, 6) is -1.04. The number of carboxylic acid groups (broad SMARTS) is 1. The normalized spacial score (nSPS) is 10.9. The van der Waals surface area contributed by atoms with E-state index < -0.39 is 5.97 Å². The van der Waals surface area contributed by atoms with Gasteiger partial charge in [0.05, 0.1) is 33.5 Å². The van der Waals surface area contributed by atoms with E-state index in [-0.39, 0.29) is 5.56 Å². The van der Waals surface area contributed by atoms with Gasteiger partial charge in [0.25, 0.3) is 0 Å². The number of anilines is 2. The van der Waals surface area contributed by atoms with Crippen molar-refractivity contribution in [3.05, 3.63) is 35.9 Å². The Kier molecular flexibility index (Phi) is 2.25. The second-order valence-electron chi connectivity index (χ2n) is 4.17. The van der Waals surface area contributed by atoms with Crippen molar-refractivity contribution in [3.63, 3.8) is 0 Å². The molecular formula is C13H10N4O2. The molecule has 1 aromatic heterocycles. The van der Waals surface area contributed by atoms with Gasteiger partial charge in [-0.25, -0.2) is 14.8 Å². The summed E-state index contributed by atoms with van der Waals surface area (Å²) in [6.07, 6.45) is 0. The van der Waals surface area contributed by atoms with Crippen molar-refractivity contribution in [2.24, 2.45) is 0 Å². The zero-order valence-corrected chi connectivity index (χ0v) is 9.79. The summed E-state index contributed by atoms with van der Waals surface area (Å²) < 4.78 is 0. The molecule has 0 saturated heterocycles. The van der Waals surface area contributed by atoms with Crippen molar-refractivity contribution in [1.29, 1.82) is 0 Å². The number of aromatic carboxylic acids is 1. The lowest BCUT2D eigenvalue weighted by atomic mass is 10.1. The number of hydrogen-bond acceptors (Lipinski definition) is 5. The maximum absolute atomic E-state index is 11.2. The molecule has 0 saturated carbocycles. The number of nitrogens with zero attached hydrogens (tertiary/aromatic N) is 2. The Morgan fingerprint density at radius 3 is 2.26 bits per heavy atom. The van der Waals surface area contributed by atoms with Gasteiger partial charge in [0.1, 0.15) is 5.52 Å². The third-order valence-corrected chi connectivity index (χ3v) is 2.90. The van der Waals surface area contributed by atoms with Gasteiger partial charge in [0.2, 0.25) is 0 Å². The van der Waals surface area contributed by atoms with Crippen molar-refractivity contribution in [2.75, 3.05) is 11.5 Å². The first-order chi connectivity index (χ1) is 9.06. The number of carboxylic acids is 1. The van der Waals surface area contributed by atoms with Crippen LogP contribution in [0.5, 0.6) is 0 Å². The lowest BCUT2D eigenvalue weighted by Crippen LogP contribution is -2.01.